The fourth-order valence-corrected chi connectivity index (χ4v) is 5.89. The number of piperidine rings is 1. The van der Waals surface area contributed by atoms with Crippen molar-refractivity contribution in [1.29, 1.82) is 0 Å². The number of hydrogen-bond donors (Lipinski definition) is 4. The Morgan fingerprint density at radius 1 is 0.841 bits per heavy atom. The lowest BCUT2D eigenvalue weighted by atomic mass is 9.95. The number of amides is 4. The van der Waals surface area contributed by atoms with Crippen LogP contribution in [0.3, 0.4) is 0 Å². The minimum atomic E-state index is -0.729. The number of carbonyl (C=O) groups is 3. The van der Waals surface area contributed by atoms with E-state index in [0.717, 1.165) is 35.3 Å². The third-order valence-corrected chi connectivity index (χ3v) is 8.48. The van der Waals surface area contributed by atoms with Crippen molar-refractivity contribution in [2.24, 2.45) is 5.73 Å². The topological polar surface area (TPSA) is 139 Å². The van der Waals surface area contributed by atoms with Gasteiger partial charge in [0.1, 0.15) is 12.6 Å². The number of carbonyl (C=O) groups excluding carboxylic acids is 3. The van der Waals surface area contributed by atoms with E-state index in [9.17, 15) is 14.4 Å². The maximum atomic E-state index is 13.6. The van der Waals surface area contributed by atoms with E-state index < -0.39 is 12.1 Å². The molecule has 2 aromatic carbocycles. The number of alkyl carbamates (subject to hydrolysis) is 1. The van der Waals surface area contributed by atoms with Gasteiger partial charge in [0.25, 0.3) is 0 Å². The molecule has 0 radical (unpaired) electrons. The van der Waals surface area contributed by atoms with E-state index in [0.29, 0.717) is 45.2 Å². The minimum absolute atomic E-state index is 0.160. The van der Waals surface area contributed by atoms with Crippen LogP contribution in [0.5, 0.6) is 0 Å². The number of likely N-dealkylation sites (tertiary alicyclic amines) is 1. The van der Waals surface area contributed by atoms with Gasteiger partial charge in [-0.2, -0.15) is 0 Å². The summed E-state index contributed by atoms with van der Waals surface area (Å²) in [6.45, 7) is 1.82. The second kappa shape index (κ2) is 18.0. The van der Waals surface area contributed by atoms with E-state index in [1.54, 1.807) is 16.6 Å². The largest absolute Gasteiger partial charge is 0.444 e. The third-order valence-electron chi connectivity index (χ3n) is 7.72. The number of aromatic nitrogens is 1. The number of urea groups is 1. The minimum Gasteiger partial charge on any atom is -0.444 e. The first kappa shape index (κ1) is 32.9. The van der Waals surface area contributed by atoms with Crippen LogP contribution in [-0.4, -0.2) is 65.7 Å². The Kier molecular flexibility index (Phi) is 13.5. The molecule has 3 unspecified atom stereocenters. The van der Waals surface area contributed by atoms with Crippen molar-refractivity contribution in [3.63, 3.8) is 0 Å². The quantitative estimate of drug-likeness (QED) is 0.199. The Labute approximate surface area is 263 Å². The smallest absolute Gasteiger partial charge is 0.407 e. The summed E-state index contributed by atoms with van der Waals surface area (Å²) in [6, 6.07) is 18.5. The van der Waals surface area contributed by atoms with Gasteiger partial charge < -0.3 is 31.3 Å². The predicted octanol–water partition coefficient (Wildman–Crippen LogP) is 4.40. The number of benzene rings is 2. The second-order valence-electron chi connectivity index (χ2n) is 11.2. The predicted molar refractivity (Wildman–Crippen MR) is 172 cm³/mol. The number of nitrogens with one attached hydrogen (secondary N) is 3. The average Bonchev–Trinajstić information content (AvgIpc) is 3.57. The highest BCUT2D eigenvalue weighted by atomic mass is 32.1. The van der Waals surface area contributed by atoms with Crippen LogP contribution in [0.2, 0.25) is 0 Å². The first-order valence-electron chi connectivity index (χ1n) is 15.4. The molecule has 1 aliphatic rings. The SMILES string of the molecule is NCCC(NC(=O)N1CCCCC1)C(=O)NC(CCC(Cc1ccccc1)NC(=O)OCc1cncs1)Cc1ccccc1. The maximum Gasteiger partial charge on any atom is 0.407 e. The van der Waals surface area contributed by atoms with Crippen LogP contribution in [0.4, 0.5) is 9.59 Å². The highest BCUT2D eigenvalue weighted by Gasteiger charge is 2.26. The van der Waals surface area contributed by atoms with Gasteiger partial charge in [-0.1, -0.05) is 60.7 Å². The molecule has 1 aliphatic heterocycles. The van der Waals surface area contributed by atoms with E-state index in [1.165, 1.54) is 11.3 Å². The molecule has 1 aromatic heterocycles. The van der Waals surface area contributed by atoms with Gasteiger partial charge in [0, 0.05) is 31.4 Å². The van der Waals surface area contributed by atoms with Gasteiger partial charge in [0.05, 0.1) is 10.4 Å². The monoisotopic (exact) mass is 620 g/mol. The molecule has 5 N–H and O–H groups in total. The van der Waals surface area contributed by atoms with Gasteiger partial charge in [-0.3, -0.25) is 9.78 Å². The summed E-state index contributed by atoms with van der Waals surface area (Å²) < 4.78 is 5.46. The van der Waals surface area contributed by atoms with Crippen molar-refractivity contribution >= 4 is 29.4 Å². The Hall–Kier alpha value is -3.96. The van der Waals surface area contributed by atoms with Crippen molar-refractivity contribution in [2.75, 3.05) is 19.6 Å². The lowest BCUT2D eigenvalue weighted by Gasteiger charge is -2.30. The molecule has 3 atom stereocenters. The number of nitrogens with two attached hydrogens (primary N) is 1. The number of ether oxygens (including phenoxy) is 1. The standard InChI is InChI=1S/C33H44N6O4S/c34-17-16-30(38-32(41)39-18-8-3-9-19-39)31(40)36-27(20-25-10-4-1-5-11-25)14-15-28(21-26-12-6-2-7-13-26)37-33(42)43-23-29-22-35-24-44-29/h1-2,4-7,10-13,22,24,27-28,30H,3,8-9,14-21,23,34H2,(H,36,40)(H,37,42)(H,38,41). The molecule has 0 aliphatic carbocycles. The van der Waals surface area contributed by atoms with Crippen LogP contribution in [0.25, 0.3) is 0 Å². The van der Waals surface area contributed by atoms with E-state index in [4.69, 9.17) is 10.5 Å². The highest BCUT2D eigenvalue weighted by molar-refractivity contribution is 7.09. The van der Waals surface area contributed by atoms with Crippen molar-refractivity contribution in [2.45, 2.75) is 76.1 Å². The zero-order valence-corrected chi connectivity index (χ0v) is 26.0. The van der Waals surface area contributed by atoms with Crippen molar-refractivity contribution in [3.05, 3.63) is 88.4 Å². The van der Waals surface area contributed by atoms with Gasteiger partial charge in [-0.25, -0.2) is 9.59 Å². The first-order valence-corrected chi connectivity index (χ1v) is 16.3. The zero-order valence-electron chi connectivity index (χ0n) is 25.2. The van der Waals surface area contributed by atoms with Crippen LogP contribution >= 0.6 is 11.3 Å². The molecule has 3 aromatic rings. The summed E-state index contributed by atoms with van der Waals surface area (Å²) in [5, 5.41) is 9.16. The lowest BCUT2D eigenvalue weighted by molar-refractivity contribution is -0.123. The van der Waals surface area contributed by atoms with Crippen LogP contribution in [0.15, 0.2) is 72.4 Å². The van der Waals surface area contributed by atoms with Gasteiger partial charge in [0.15, 0.2) is 0 Å². The Bertz CT molecular complexity index is 1270. The highest BCUT2D eigenvalue weighted by Crippen LogP contribution is 2.15. The summed E-state index contributed by atoms with van der Waals surface area (Å²) in [6.07, 6.45) is 7.01. The molecule has 1 fully saturated rings. The second-order valence-corrected chi connectivity index (χ2v) is 12.1. The van der Waals surface area contributed by atoms with E-state index >= 15 is 0 Å². The summed E-state index contributed by atoms with van der Waals surface area (Å²) in [5.74, 6) is -0.252. The van der Waals surface area contributed by atoms with Gasteiger partial charge in [0.2, 0.25) is 5.91 Å². The molecule has 44 heavy (non-hydrogen) atoms. The van der Waals surface area contributed by atoms with Crippen LogP contribution in [-0.2, 0) is 29.0 Å². The normalized spacial score (nSPS) is 15.1. The molecule has 1 saturated heterocycles. The molecule has 0 spiro atoms. The Balaban J connectivity index is 1.42. The zero-order chi connectivity index (χ0) is 31.0. The number of rotatable bonds is 15. The molecule has 0 bridgehead atoms. The third kappa shape index (κ3) is 11.3. The molecule has 4 rings (SSSR count). The first-order chi connectivity index (χ1) is 21.5. The molecule has 10 nitrogen and oxygen atoms in total. The fourth-order valence-electron chi connectivity index (χ4n) is 5.38. The molecular formula is C33H44N6O4S. The fraction of sp³-hybridized carbons (Fsp3) is 0.455. The van der Waals surface area contributed by atoms with Crippen molar-refractivity contribution < 1.29 is 19.1 Å². The molecule has 2 heterocycles. The molecular weight excluding hydrogens is 576 g/mol. The Morgan fingerprint density at radius 3 is 2.02 bits per heavy atom. The maximum absolute atomic E-state index is 13.6. The summed E-state index contributed by atoms with van der Waals surface area (Å²) in [5.41, 5.74) is 9.73. The molecule has 0 saturated carbocycles. The van der Waals surface area contributed by atoms with Crippen molar-refractivity contribution in [1.82, 2.24) is 25.8 Å². The molecule has 4 amide bonds. The summed E-state index contributed by atoms with van der Waals surface area (Å²) in [7, 11) is 0. The summed E-state index contributed by atoms with van der Waals surface area (Å²) in [4.78, 5) is 45.9. The van der Waals surface area contributed by atoms with Crippen LogP contribution < -0.4 is 21.7 Å². The molecule has 236 valence electrons. The van der Waals surface area contributed by atoms with Crippen LogP contribution in [0, 0.1) is 0 Å². The van der Waals surface area contributed by atoms with E-state index in [2.05, 4.69) is 20.9 Å². The van der Waals surface area contributed by atoms with Gasteiger partial charge in [-0.15, -0.1) is 11.3 Å². The van der Waals surface area contributed by atoms with Gasteiger partial charge in [-0.05, 0) is 69.0 Å². The lowest BCUT2D eigenvalue weighted by Crippen LogP contribution is -2.54. The summed E-state index contributed by atoms with van der Waals surface area (Å²) >= 11 is 1.43. The number of nitrogens with zero attached hydrogens (tertiary/aromatic N) is 2. The Morgan fingerprint density at radius 2 is 1.45 bits per heavy atom. The van der Waals surface area contributed by atoms with E-state index in [-0.39, 0.29) is 37.2 Å². The average molecular weight is 621 g/mol. The van der Waals surface area contributed by atoms with Crippen molar-refractivity contribution in [3.8, 4) is 0 Å². The van der Waals surface area contributed by atoms with E-state index in [1.807, 2.05) is 60.7 Å². The number of thiazole rings is 1. The van der Waals surface area contributed by atoms with Crippen LogP contribution in [0.1, 0.15) is 54.5 Å². The number of hydrogen-bond acceptors (Lipinski definition) is 7. The molecule has 11 heteroatoms. The van der Waals surface area contributed by atoms with Gasteiger partial charge >= 0.3 is 12.1 Å².